The quantitative estimate of drug-likeness (QED) is 0.569. The van der Waals surface area contributed by atoms with Crippen molar-refractivity contribution in [3.63, 3.8) is 0 Å². The third kappa shape index (κ3) is 3.36. The second-order valence-electron chi connectivity index (χ2n) is 7.05. The number of hydrogen-bond acceptors (Lipinski definition) is 3. The van der Waals surface area contributed by atoms with Gasteiger partial charge in [-0.05, 0) is 24.3 Å². The molecule has 0 aliphatic heterocycles. The van der Waals surface area contributed by atoms with Gasteiger partial charge in [-0.3, -0.25) is 4.79 Å². The molecule has 0 amide bonds. The van der Waals surface area contributed by atoms with Crippen LogP contribution in [0.25, 0.3) is 22.1 Å². The molecule has 0 radical (unpaired) electrons. The van der Waals surface area contributed by atoms with Crippen molar-refractivity contribution >= 4 is 22.1 Å². The first kappa shape index (κ1) is 17.4. The van der Waals surface area contributed by atoms with Gasteiger partial charge in [-0.25, -0.2) is 9.37 Å². The fourth-order valence-corrected chi connectivity index (χ4v) is 3.46. The van der Waals surface area contributed by atoms with Crippen LogP contribution >= 0.6 is 0 Å². The molecule has 4 aromatic rings. The van der Waals surface area contributed by atoms with Crippen LogP contribution in [0.2, 0.25) is 0 Å². The van der Waals surface area contributed by atoms with Crippen molar-refractivity contribution in [2.45, 2.75) is 26.4 Å². The molecule has 0 bridgehead atoms. The fraction of sp³-hybridized carbons (Fsp3) is 0.238. The number of halogens is 1. The number of para-hydroxylation sites is 1. The first-order chi connectivity index (χ1) is 13.0. The lowest BCUT2D eigenvalue weighted by molar-refractivity contribution is -0.718. The Morgan fingerprint density at radius 1 is 1.15 bits per heavy atom. The number of nitrogens with zero attached hydrogens (tertiary/aromatic N) is 1. The van der Waals surface area contributed by atoms with Crippen LogP contribution in [-0.2, 0) is 6.54 Å². The van der Waals surface area contributed by atoms with Crippen molar-refractivity contribution in [3.8, 4) is 0 Å². The molecular formula is C21H21FN3O2+. The maximum atomic E-state index is 13.2. The molecule has 2 heterocycles. The van der Waals surface area contributed by atoms with Gasteiger partial charge in [0.15, 0.2) is 5.82 Å². The molecule has 0 aliphatic rings. The van der Waals surface area contributed by atoms with Crippen molar-refractivity contribution < 1.29 is 14.1 Å². The lowest BCUT2D eigenvalue weighted by Crippen LogP contribution is -2.85. The zero-order valence-electron chi connectivity index (χ0n) is 15.2. The molecule has 5 nitrogen and oxygen atoms in total. The molecule has 6 heteroatoms. The average Bonchev–Trinajstić information content (AvgIpc) is 3.03. The van der Waals surface area contributed by atoms with E-state index >= 15 is 0 Å². The van der Waals surface area contributed by atoms with Gasteiger partial charge in [-0.15, -0.1) is 0 Å². The van der Waals surface area contributed by atoms with Crippen molar-refractivity contribution in [1.82, 2.24) is 9.97 Å². The third-order valence-corrected chi connectivity index (χ3v) is 4.82. The fourth-order valence-electron chi connectivity index (χ4n) is 3.46. The van der Waals surface area contributed by atoms with Crippen LogP contribution < -0.4 is 10.9 Å². The van der Waals surface area contributed by atoms with Crippen LogP contribution in [0, 0.1) is 11.7 Å². The van der Waals surface area contributed by atoms with Crippen LogP contribution in [0.15, 0.2) is 57.7 Å². The van der Waals surface area contributed by atoms with Crippen LogP contribution in [0.3, 0.4) is 0 Å². The van der Waals surface area contributed by atoms with E-state index in [0.717, 1.165) is 10.9 Å². The summed E-state index contributed by atoms with van der Waals surface area (Å²) in [7, 11) is 0. The summed E-state index contributed by atoms with van der Waals surface area (Å²) < 4.78 is 18.9. The number of nitrogens with two attached hydrogens (primary N) is 1. The van der Waals surface area contributed by atoms with E-state index in [4.69, 9.17) is 4.42 Å². The predicted octanol–water partition coefficient (Wildman–Crippen LogP) is 3.27. The number of aromatic nitrogens is 2. The molecule has 27 heavy (non-hydrogen) atoms. The van der Waals surface area contributed by atoms with Crippen molar-refractivity contribution in [2.24, 2.45) is 5.92 Å². The molecule has 3 N–H and O–H groups in total. The number of fused-ring (bicyclic) bond motifs is 3. The minimum absolute atomic E-state index is 0.132. The van der Waals surface area contributed by atoms with E-state index in [1.165, 1.54) is 12.1 Å². The summed E-state index contributed by atoms with van der Waals surface area (Å²) >= 11 is 0. The summed E-state index contributed by atoms with van der Waals surface area (Å²) in [6, 6.07) is 14.2. The Bertz CT molecular complexity index is 1150. The van der Waals surface area contributed by atoms with E-state index in [1.54, 1.807) is 12.1 Å². The van der Waals surface area contributed by atoms with E-state index in [9.17, 15) is 9.18 Å². The van der Waals surface area contributed by atoms with Gasteiger partial charge >= 0.3 is 0 Å². The Balaban J connectivity index is 1.65. The maximum absolute atomic E-state index is 13.2. The Morgan fingerprint density at radius 3 is 2.63 bits per heavy atom. The molecule has 4 rings (SSSR count). The number of rotatable bonds is 5. The predicted molar refractivity (Wildman–Crippen MR) is 102 cm³/mol. The summed E-state index contributed by atoms with van der Waals surface area (Å²) in [4.78, 5) is 19.8. The second kappa shape index (κ2) is 6.96. The highest BCUT2D eigenvalue weighted by atomic mass is 19.1. The van der Waals surface area contributed by atoms with E-state index in [2.05, 4.69) is 29.1 Å². The Morgan fingerprint density at radius 2 is 1.89 bits per heavy atom. The van der Waals surface area contributed by atoms with Gasteiger partial charge in [0.2, 0.25) is 5.58 Å². The third-order valence-electron chi connectivity index (χ3n) is 4.82. The van der Waals surface area contributed by atoms with E-state index in [-0.39, 0.29) is 23.0 Å². The summed E-state index contributed by atoms with van der Waals surface area (Å²) in [5.41, 5.74) is 2.25. The minimum atomic E-state index is -0.275. The van der Waals surface area contributed by atoms with Crippen molar-refractivity contribution in [2.75, 3.05) is 0 Å². The SMILES string of the molecule is CC(C)[C@@H]([NH2+]Cc1nc2c(oc3ccccc32)c(=O)[nH]1)c1ccc(F)cc1. The molecule has 0 spiro atoms. The number of quaternary nitrogens is 1. The molecule has 0 unspecified atom stereocenters. The highest BCUT2D eigenvalue weighted by Gasteiger charge is 2.20. The van der Waals surface area contributed by atoms with Gasteiger partial charge < -0.3 is 14.7 Å². The number of benzene rings is 2. The number of aromatic amines is 1. The van der Waals surface area contributed by atoms with Crippen LogP contribution in [0.4, 0.5) is 4.39 Å². The Kier molecular flexibility index (Phi) is 4.49. The van der Waals surface area contributed by atoms with Gasteiger partial charge in [-0.1, -0.05) is 38.1 Å². The lowest BCUT2D eigenvalue weighted by Gasteiger charge is -2.19. The summed E-state index contributed by atoms with van der Waals surface area (Å²) in [5, 5.41) is 2.95. The molecule has 0 saturated heterocycles. The maximum Gasteiger partial charge on any atom is 0.294 e. The molecule has 0 fully saturated rings. The molecule has 0 aliphatic carbocycles. The minimum Gasteiger partial charge on any atom is -0.449 e. The molecule has 1 atom stereocenters. The first-order valence-electron chi connectivity index (χ1n) is 9.02. The molecule has 2 aromatic carbocycles. The van der Waals surface area contributed by atoms with Gasteiger partial charge in [0.1, 0.15) is 29.5 Å². The van der Waals surface area contributed by atoms with Crippen LogP contribution in [0.5, 0.6) is 0 Å². The average molecular weight is 366 g/mol. The van der Waals surface area contributed by atoms with Crippen LogP contribution in [-0.4, -0.2) is 9.97 Å². The Hall–Kier alpha value is -2.99. The van der Waals surface area contributed by atoms with Gasteiger partial charge in [0.05, 0.1) is 0 Å². The van der Waals surface area contributed by atoms with E-state index in [0.29, 0.717) is 29.4 Å². The van der Waals surface area contributed by atoms with Gasteiger partial charge in [-0.2, -0.15) is 0 Å². The standard InChI is InChI=1S/C21H20FN3O2/c1-12(2)18(13-7-9-14(22)10-8-13)23-11-17-24-19-15-5-3-4-6-16(15)27-20(19)21(26)25-17/h3-10,12,18,23H,11H2,1-2H3,(H,24,25,26)/p+1/t18-/m1/s1. The van der Waals surface area contributed by atoms with E-state index < -0.39 is 0 Å². The number of H-pyrrole nitrogens is 1. The zero-order chi connectivity index (χ0) is 19.0. The molecule has 138 valence electrons. The van der Waals surface area contributed by atoms with Crippen molar-refractivity contribution in [1.29, 1.82) is 0 Å². The molecular weight excluding hydrogens is 345 g/mol. The lowest BCUT2D eigenvalue weighted by atomic mass is 9.96. The normalized spacial score (nSPS) is 12.9. The van der Waals surface area contributed by atoms with Crippen molar-refractivity contribution in [3.05, 3.63) is 76.1 Å². The highest BCUT2D eigenvalue weighted by Crippen LogP contribution is 2.24. The Labute approximate surface area is 155 Å². The van der Waals surface area contributed by atoms with E-state index in [1.807, 2.05) is 24.3 Å². The van der Waals surface area contributed by atoms with Gasteiger partial charge in [0.25, 0.3) is 5.56 Å². The largest absolute Gasteiger partial charge is 0.449 e. The number of furan rings is 1. The summed E-state index contributed by atoms with van der Waals surface area (Å²) in [6.07, 6.45) is 0. The molecule has 0 saturated carbocycles. The van der Waals surface area contributed by atoms with Gasteiger partial charge in [0, 0.05) is 16.9 Å². The smallest absolute Gasteiger partial charge is 0.294 e. The zero-order valence-corrected chi connectivity index (χ0v) is 15.2. The van der Waals surface area contributed by atoms with Crippen LogP contribution in [0.1, 0.15) is 31.3 Å². The topological polar surface area (TPSA) is 75.5 Å². The number of nitrogens with one attached hydrogen (secondary N) is 1. The monoisotopic (exact) mass is 366 g/mol. The summed E-state index contributed by atoms with van der Waals surface area (Å²) in [5.74, 6) is 0.678. The first-order valence-corrected chi connectivity index (χ1v) is 9.02. The molecule has 2 aromatic heterocycles. The highest BCUT2D eigenvalue weighted by molar-refractivity contribution is 6.01. The summed E-state index contributed by atoms with van der Waals surface area (Å²) in [6.45, 7) is 4.74. The number of hydrogen-bond donors (Lipinski definition) is 2. The second-order valence-corrected chi connectivity index (χ2v) is 7.05.